The maximum Gasteiger partial charge on any atom is 0.310 e. The van der Waals surface area contributed by atoms with Gasteiger partial charge in [0.05, 0.1) is 19.1 Å². The summed E-state index contributed by atoms with van der Waals surface area (Å²) in [5.74, 6) is -3.91. The smallest absolute Gasteiger partial charge is 0.310 e. The van der Waals surface area contributed by atoms with Crippen LogP contribution in [-0.2, 0) is 9.53 Å². The van der Waals surface area contributed by atoms with Crippen molar-refractivity contribution in [2.45, 2.75) is 20.0 Å². The number of carbonyl (C=O) groups is 2. The number of aliphatic hydroxyl groups excluding tert-OH is 1. The first kappa shape index (κ1) is 18.0. The molecule has 7 heteroatoms. The lowest BCUT2D eigenvalue weighted by atomic mass is 10.1. The maximum absolute atomic E-state index is 13.2. The molecule has 2 atom stereocenters. The van der Waals surface area contributed by atoms with E-state index < -0.39 is 35.5 Å². The van der Waals surface area contributed by atoms with E-state index in [0.29, 0.717) is 0 Å². The molecule has 2 unspecified atom stereocenters. The molecule has 0 radical (unpaired) electrons. The zero-order valence-electron chi connectivity index (χ0n) is 12.7. The number of nitrogens with zero attached hydrogens (tertiary/aromatic N) is 1. The van der Waals surface area contributed by atoms with Gasteiger partial charge in [-0.05, 0) is 25.1 Å². The van der Waals surface area contributed by atoms with Crippen molar-refractivity contribution in [1.82, 2.24) is 4.90 Å². The number of hydrogen-bond donors (Lipinski definition) is 1. The summed E-state index contributed by atoms with van der Waals surface area (Å²) in [6.07, 6.45) is -0.834. The molecular formula is C15H19F2NO4. The van der Waals surface area contributed by atoms with Gasteiger partial charge in [0.1, 0.15) is 0 Å². The molecule has 5 nitrogen and oxygen atoms in total. The predicted octanol–water partition coefficient (Wildman–Crippen LogP) is 1.60. The quantitative estimate of drug-likeness (QED) is 0.810. The number of aliphatic hydroxyl groups is 1. The van der Waals surface area contributed by atoms with Gasteiger partial charge in [-0.2, -0.15) is 0 Å². The first-order chi connectivity index (χ1) is 10.3. The summed E-state index contributed by atoms with van der Waals surface area (Å²) >= 11 is 0. The van der Waals surface area contributed by atoms with Crippen LogP contribution in [0.2, 0.25) is 0 Å². The molecule has 1 N–H and O–H groups in total. The fraction of sp³-hybridized carbons (Fsp3) is 0.467. The average Bonchev–Trinajstić information content (AvgIpc) is 2.47. The van der Waals surface area contributed by atoms with E-state index >= 15 is 0 Å². The Hall–Kier alpha value is -2.02. The Morgan fingerprint density at radius 3 is 2.36 bits per heavy atom. The number of esters is 1. The Labute approximate surface area is 127 Å². The van der Waals surface area contributed by atoms with Crippen molar-refractivity contribution in [2.75, 3.05) is 20.2 Å². The summed E-state index contributed by atoms with van der Waals surface area (Å²) in [6.45, 7) is 3.00. The van der Waals surface area contributed by atoms with Gasteiger partial charge in [0.25, 0.3) is 5.91 Å². The summed E-state index contributed by atoms with van der Waals surface area (Å²) in [5, 5.41) is 9.48. The van der Waals surface area contributed by atoms with Gasteiger partial charge in [0.15, 0.2) is 11.6 Å². The monoisotopic (exact) mass is 315 g/mol. The number of amides is 1. The molecule has 0 aliphatic heterocycles. The molecule has 22 heavy (non-hydrogen) atoms. The molecule has 1 aromatic rings. The van der Waals surface area contributed by atoms with E-state index in [-0.39, 0.29) is 18.7 Å². The van der Waals surface area contributed by atoms with Crippen LogP contribution in [0.25, 0.3) is 0 Å². The molecule has 0 saturated heterocycles. The maximum atomic E-state index is 13.2. The normalized spacial score (nSPS) is 13.4. The standard InChI is InChI=1S/C15H19F2NO4/c1-9(15(21)22-3)7-18(8-10(2)19)14(20)11-4-5-12(16)13(17)6-11/h4-6,9-10,19H,7-8H2,1-3H3. The highest BCUT2D eigenvalue weighted by Gasteiger charge is 2.24. The first-order valence-corrected chi connectivity index (χ1v) is 6.76. The molecule has 0 heterocycles. The number of carbonyl (C=O) groups excluding carboxylic acids is 2. The van der Waals surface area contributed by atoms with Crippen LogP contribution in [0.1, 0.15) is 24.2 Å². The highest BCUT2D eigenvalue weighted by atomic mass is 19.2. The third-order valence-electron chi connectivity index (χ3n) is 3.04. The molecule has 1 amide bonds. The fourth-order valence-electron chi connectivity index (χ4n) is 1.98. The SMILES string of the molecule is COC(=O)C(C)CN(CC(C)O)C(=O)c1ccc(F)c(F)c1. The van der Waals surface area contributed by atoms with Gasteiger partial charge in [-0.1, -0.05) is 6.92 Å². The molecule has 0 aliphatic carbocycles. The Balaban J connectivity index is 2.97. The van der Waals surface area contributed by atoms with Crippen molar-refractivity contribution in [3.8, 4) is 0 Å². The summed E-state index contributed by atoms with van der Waals surface area (Å²) in [7, 11) is 1.23. The number of hydrogen-bond acceptors (Lipinski definition) is 4. The van der Waals surface area contributed by atoms with E-state index in [9.17, 15) is 23.5 Å². The Bertz CT molecular complexity index is 548. The minimum atomic E-state index is -1.14. The minimum Gasteiger partial charge on any atom is -0.469 e. The van der Waals surface area contributed by atoms with Crippen LogP contribution < -0.4 is 0 Å². The van der Waals surface area contributed by atoms with E-state index in [1.54, 1.807) is 6.92 Å². The summed E-state index contributed by atoms with van der Waals surface area (Å²) in [5.41, 5.74) is -0.0587. The highest BCUT2D eigenvalue weighted by Crippen LogP contribution is 2.13. The molecule has 0 fully saturated rings. The van der Waals surface area contributed by atoms with E-state index in [4.69, 9.17) is 0 Å². The van der Waals surface area contributed by atoms with Gasteiger partial charge >= 0.3 is 5.97 Å². The van der Waals surface area contributed by atoms with Gasteiger partial charge in [-0.3, -0.25) is 9.59 Å². The number of rotatable bonds is 6. The fourth-order valence-corrected chi connectivity index (χ4v) is 1.98. The second-order valence-electron chi connectivity index (χ2n) is 5.11. The van der Waals surface area contributed by atoms with Crippen LogP contribution in [0.15, 0.2) is 18.2 Å². The molecule has 122 valence electrons. The molecule has 1 aromatic carbocycles. The first-order valence-electron chi connectivity index (χ1n) is 6.76. The van der Waals surface area contributed by atoms with Crippen molar-refractivity contribution in [1.29, 1.82) is 0 Å². The van der Waals surface area contributed by atoms with Crippen LogP contribution in [-0.4, -0.2) is 48.2 Å². The lowest BCUT2D eigenvalue weighted by Gasteiger charge is -2.26. The van der Waals surface area contributed by atoms with Crippen molar-refractivity contribution in [2.24, 2.45) is 5.92 Å². The van der Waals surface area contributed by atoms with E-state index in [2.05, 4.69) is 4.74 Å². The molecule has 0 bridgehead atoms. The second kappa shape index (κ2) is 7.84. The van der Waals surface area contributed by atoms with E-state index in [1.165, 1.54) is 18.9 Å². The zero-order chi connectivity index (χ0) is 16.9. The largest absolute Gasteiger partial charge is 0.469 e. The summed E-state index contributed by atoms with van der Waals surface area (Å²) in [4.78, 5) is 25.0. The Kier molecular flexibility index (Phi) is 6.42. The van der Waals surface area contributed by atoms with Crippen molar-refractivity contribution in [3.05, 3.63) is 35.4 Å². The van der Waals surface area contributed by atoms with Gasteiger partial charge < -0.3 is 14.7 Å². The highest BCUT2D eigenvalue weighted by molar-refractivity contribution is 5.94. The Morgan fingerprint density at radius 1 is 1.23 bits per heavy atom. The molecular weight excluding hydrogens is 296 g/mol. The summed E-state index contributed by atoms with van der Waals surface area (Å²) < 4.78 is 30.8. The van der Waals surface area contributed by atoms with Crippen LogP contribution in [0.5, 0.6) is 0 Å². The lowest BCUT2D eigenvalue weighted by Crippen LogP contribution is -2.41. The topological polar surface area (TPSA) is 66.8 Å². The Morgan fingerprint density at radius 2 is 1.86 bits per heavy atom. The van der Waals surface area contributed by atoms with Crippen LogP contribution in [0.4, 0.5) is 8.78 Å². The third kappa shape index (κ3) is 4.77. The second-order valence-corrected chi connectivity index (χ2v) is 5.11. The molecule has 0 saturated carbocycles. The average molecular weight is 315 g/mol. The third-order valence-corrected chi connectivity index (χ3v) is 3.04. The van der Waals surface area contributed by atoms with Gasteiger partial charge in [0.2, 0.25) is 0 Å². The van der Waals surface area contributed by atoms with Gasteiger partial charge in [-0.15, -0.1) is 0 Å². The van der Waals surface area contributed by atoms with E-state index in [1.807, 2.05) is 0 Å². The zero-order valence-corrected chi connectivity index (χ0v) is 12.7. The molecule has 0 spiro atoms. The van der Waals surface area contributed by atoms with Crippen LogP contribution in [0.3, 0.4) is 0 Å². The lowest BCUT2D eigenvalue weighted by molar-refractivity contribution is -0.145. The number of ether oxygens (including phenoxy) is 1. The molecule has 0 aromatic heterocycles. The number of benzene rings is 1. The van der Waals surface area contributed by atoms with E-state index in [0.717, 1.165) is 18.2 Å². The number of methoxy groups -OCH3 is 1. The van der Waals surface area contributed by atoms with Crippen molar-refractivity contribution >= 4 is 11.9 Å². The van der Waals surface area contributed by atoms with Gasteiger partial charge in [-0.25, -0.2) is 8.78 Å². The van der Waals surface area contributed by atoms with Crippen LogP contribution in [0, 0.1) is 17.6 Å². The van der Waals surface area contributed by atoms with Gasteiger partial charge in [0, 0.05) is 18.7 Å². The summed E-state index contributed by atoms with van der Waals surface area (Å²) in [6, 6.07) is 2.79. The predicted molar refractivity (Wildman–Crippen MR) is 75.1 cm³/mol. The van der Waals surface area contributed by atoms with Crippen LogP contribution >= 0.6 is 0 Å². The number of halogens is 2. The molecule has 1 rings (SSSR count). The molecule has 0 aliphatic rings. The van der Waals surface area contributed by atoms with Crippen molar-refractivity contribution in [3.63, 3.8) is 0 Å². The van der Waals surface area contributed by atoms with Crippen molar-refractivity contribution < 1.29 is 28.2 Å². The minimum absolute atomic E-state index is 0.00456.